The standard InChI is InChI=1S/C21H14FN5O2/c1-12-19-14(20(28)25-27-11-23-16-8-4-5-9-18(16)27)10-17(24-21(19)29-26-12)13-6-2-3-7-15(13)22/h2-11H,1H3,(H,25,28). The van der Waals surface area contributed by atoms with Crippen LogP contribution in [0.15, 0.2) is 65.4 Å². The average Bonchev–Trinajstić information content (AvgIpc) is 3.31. The zero-order valence-electron chi connectivity index (χ0n) is 15.3. The normalized spacial score (nSPS) is 11.2. The second-order valence-corrected chi connectivity index (χ2v) is 6.53. The summed E-state index contributed by atoms with van der Waals surface area (Å²) in [6.45, 7) is 1.72. The molecule has 5 aromatic rings. The van der Waals surface area contributed by atoms with Gasteiger partial charge in [0.2, 0.25) is 0 Å². The van der Waals surface area contributed by atoms with E-state index in [1.807, 2.05) is 24.3 Å². The van der Waals surface area contributed by atoms with E-state index >= 15 is 0 Å². The molecule has 1 N–H and O–H groups in total. The number of nitrogens with zero attached hydrogens (tertiary/aromatic N) is 4. The molecule has 0 aliphatic carbocycles. The van der Waals surface area contributed by atoms with Gasteiger partial charge in [0, 0.05) is 5.56 Å². The minimum absolute atomic E-state index is 0.170. The predicted molar refractivity (Wildman–Crippen MR) is 105 cm³/mol. The lowest BCUT2D eigenvalue weighted by molar-refractivity contribution is 0.101. The van der Waals surface area contributed by atoms with Crippen LogP contribution in [0, 0.1) is 12.7 Å². The second-order valence-electron chi connectivity index (χ2n) is 6.53. The van der Waals surface area contributed by atoms with E-state index < -0.39 is 11.7 Å². The van der Waals surface area contributed by atoms with Crippen LogP contribution in [-0.4, -0.2) is 25.7 Å². The number of imidazole rings is 1. The molecular formula is C21H14FN5O2. The van der Waals surface area contributed by atoms with Gasteiger partial charge in [-0.2, -0.15) is 0 Å². The molecule has 0 saturated carbocycles. The van der Waals surface area contributed by atoms with Gasteiger partial charge in [0.05, 0.1) is 33.4 Å². The van der Waals surface area contributed by atoms with Crippen LogP contribution in [0.4, 0.5) is 4.39 Å². The molecular weight excluding hydrogens is 373 g/mol. The number of halogens is 1. The number of amides is 1. The van der Waals surface area contributed by atoms with Gasteiger partial charge in [-0.05, 0) is 37.3 Å². The topological polar surface area (TPSA) is 85.8 Å². The van der Waals surface area contributed by atoms with Gasteiger partial charge in [0.15, 0.2) is 0 Å². The third kappa shape index (κ3) is 2.82. The van der Waals surface area contributed by atoms with Gasteiger partial charge in [-0.3, -0.25) is 10.2 Å². The number of para-hydroxylation sites is 2. The number of carbonyl (C=O) groups excluding carboxylic acids is 1. The minimum Gasteiger partial charge on any atom is -0.335 e. The van der Waals surface area contributed by atoms with Gasteiger partial charge in [0.1, 0.15) is 12.1 Å². The molecule has 0 spiro atoms. The molecule has 2 aromatic carbocycles. The lowest BCUT2D eigenvalue weighted by Crippen LogP contribution is -2.22. The third-order valence-electron chi connectivity index (χ3n) is 4.69. The monoisotopic (exact) mass is 387 g/mol. The number of benzene rings is 2. The number of aryl methyl sites for hydroxylation is 1. The Labute approximate surface area is 163 Å². The first-order chi connectivity index (χ1) is 14.1. The number of nitrogens with one attached hydrogen (secondary N) is 1. The van der Waals surface area contributed by atoms with Gasteiger partial charge in [0.25, 0.3) is 11.6 Å². The maximum absolute atomic E-state index is 14.3. The smallest absolute Gasteiger partial charge is 0.271 e. The van der Waals surface area contributed by atoms with E-state index in [-0.39, 0.29) is 22.5 Å². The second kappa shape index (κ2) is 6.52. The predicted octanol–water partition coefficient (Wildman–Crippen LogP) is 4.07. The van der Waals surface area contributed by atoms with Gasteiger partial charge >= 0.3 is 0 Å². The molecule has 0 atom stereocenters. The number of hydrogen-bond donors (Lipinski definition) is 1. The van der Waals surface area contributed by atoms with E-state index in [4.69, 9.17) is 4.52 Å². The summed E-state index contributed by atoms with van der Waals surface area (Å²) in [6, 6.07) is 15.2. The van der Waals surface area contributed by atoms with E-state index in [0.717, 1.165) is 11.0 Å². The summed E-state index contributed by atoms with van der Waals surface area (Å²) < 4.78 is 21.1. The number of hydrogen-bond acceptors (Lipinski definition) is 5. The van der Waals surface area contributed by atoms with Crippen LogP contribution >= 0.6 is 0 Å². The SMILES string of the molecule is Cc1noc2nc(-c3ccccc3F)cc(C(=O)Nn3cnc4ccccc43)c12. The summed E-state index contributed by atoms with van der Waals surface area (Å²) in [5.41, 5.74) is 5.84. The fourth-order valence-electron chi connectivity index (χ4n) is 3.30. The molecule has 7 nitrogen and oxygen atoms in total. The Bertz CT molecular complexity index is 1390. The number of aromatic nitrogens is 4. The number of pyridine rings is 1. The molecule has 0 unspecified atom stereocenters. The molecule has 0 aliphatic heterocycles. The zero-order valence-corrected chi connectivity index (χ0v) is 15.3. The van der Waals surface area contributed by atoms with E-state index in [0.29, 0.717) is 11.1 Å². The Morgan fingerprint density at radius 2 is 1.93 bits per heavy atom. The molecule has 0 aliphatic rings. The summed E-state index contributed by atoms with van der Waals surface area (Å²) >= 11 is 0. The molecule has 1 amide bonds. The molecule has 0 fully saturated rings. The van der Waals surface area contributed by atoms with E-state index in [1.165, 1.54) is 17.1 Å². The van der Waals surface area contributed by atoms with Crippen molar-refractivity contribution in [2.45, 2.75) is 6.92 Å². The van der Waals surface area contributed by atoms with Crippen molar-refractivity contribution in [2.24, 2.45) is 0 Å². The van der Waals surface area contributed by atoms with Gasteiger partial charge in [-0.15, -0.1) is 0 Å². The van der Waals surface area contributed by atoms with Gasteiger partial charge in [-0.1, -0.05) is 29.4 Å². The largest absolute Gasteiger partial charge is 0.335 e. The first-order valence-corrected chi connectivity index (χ1v) is 8.87. The Hall–Kier alpha value is -4.07. The highest BCUT2D eigenvalue weighted by Gasteiger charge is 2.21. The third-order valence-corrected chi connectivity index (χ3v) is 4.69. The lowest BCUT2D eigenvalue weighted by atomic mass is 10.0. The first kappa shape index (κ1) is 17.1. The van der Waals surface area contributed by atoms with Crippen molar-refractivity contribution in [3.63, 3.8) is 0 Å². The number of rotatable bonds is 3. The quantitative estimate of drug-likeness (QED) is 0.504. The summed E-state index contributed by atoms with van der Waals surface area (Å²) in [5.74, 6) is -0.855. The number of carbonyl (C=O) groups is 1. The van der Waals surface area contributed by atoms with Crippen LogP contribution in [0.3, 0.4) is 0 Å². The Balaban J connectivity index is 1.64. The Morgan fingerprint density at radius 3 is 2.79 bits per heavy atom. The molecule has 0 saturated heterocycles. The van der Waals surface area contributed by atoms with Crippen LogP contribution < -0.4 is 5.43 Å². The van der Waals surface area contributed by atoms with E-state index in [1.54, 1.807) is 31.2 Å². The highest BCUT2D eigenvalue weighted by molar-refractivity contribution is 6.10. The van der Waals surface area contributed by atoms with Crippen LogP contribution in [0.5, 0.6) is 0 Å². The van der Waals surface area contributed by atoms with Crippen molar-refractivity contribution in [3.8, 4) is 11.3 Å². The maximum atomic E-state index is 14.3. The Morgan fingerprint density at radius 1 is 1.14 bits per heavy atom. The first-order valence-electron chi connectivity index (χ1n) is 8.87. The van der Waals surface area contributed by atoms with E-state index in [9.17, 15) is 9.18 Å². The summed E-state index contributed by atoms with van der Waals surface area (Å²) in [6.07, 6.45) is 1.53. The molecule has 5 rings (SSSR count). The molecule has 3 aromatic heterocycles. The summed E-state index contributed by atoms with van der Waals surface area (Å²) in [4.78, 5) is 21.8. The zero-order chi connectivity index (χ0) is 20.0. The van der Waals surface area contributed by atoms with Crippen molar-refractivity contribution in [1.82, 2.24) is 19.8 Å². The van der Waals surface area contributed by atoms with Gasteiger partial charge < -0.3 is 4.52 Å². The van der Waals surface area contributed by atoms with Crippen molar-refractivity contribution in [1.29, 1.82) is 0 Å². The van der Waals surface area contributed by atoms with Crippen LogP contribution in [0.25, 0.3) is 33.4 Å². The molecule has 142 valence electrons. The van der Waals surface area contributed by atoms with Crippen molar-refractivity contribution in [2.75, 3.05) is 5.43 Å². The fourth-order valence-corrected chi connectivity index (χ4v) is 3.30. The fraction of sp³-hybridized carbons (Fsp3) is 0.0476. The molecule has 3 heterocycles. The van der Waals surface area contributed by atoms with Crippen molar-refractivity contribution >= 4 is 28.0 Å². The summed E-state index contributed by atoms with van der Waals surface area (Å²) in [7, 11) is 0. The summed E-state index contributed by atoms with van der Waals surface area (Å²) in [5, 5.41) is 4.39. The minimum atomic E-state index is -0.442. The average molecular weight is 387 g/mol. The molecule has 0 bridgehead atoms. The van der Waals surface area contributed by atoms with Crippen LogP contribution in [-0.2, 0) is 0 Å². The van der Waals surface area contributed by atoms with E-state index in [2.05, 4.69) is 20.6 Å². The Kier molecular flexibility index (Phi) is 3.83. The lowest BCUT2D eigenvalue weighted by Gasteiger charge is -2.10. The van der Waals surface area contributed by atoms with Crippen molar-refractivity contribution in [3.05, 3.63) is 78.0 Å². The van der Waals surface area contributed by atoms with Crippen LogP contribution in [0.2, 0.25) is 0 Å². The van der Waals surface area contributed by atoms with Gasteiger partial charge in [-0.25, -0.2) is 19.0 Å². The maximum Gasteiger partial charge on any atom is 0.271 e. The highest BCUT2D eigenvalue weighted by atomic mass is 19.1. The van der Waals surface area contributed by atoms with Crippen LogP contribution in [0.1, 0.15) is 16.1 Å². The molecule has 29 heavy (non-hydrogen) atoms. The molecule has 8 heteroatoms. The number of fused-ring (bicyclic) bond motifs is 2. The molecule has 0 radical (unpaired) electrons. The highest BCUT2D eigenvalue weighted by Crippen LogP contribution is 2.28. The van der Waals surface area contributed by atoms with Crippen molar-refractivity contribution < 1.29 is 13.7 Å².